The summed E-state index contributed by atoms with van der Waals surface area (Å²) in [6, 6.07) is 0. The predicted octanol–water partition coefficient (Wildman–Crippen LogP) is 0.567. The van der Waals surface area contributed by atoms with Crippen LogP contribution in [0.2, 0.25) is 0 Å². The SMILES string of the molecule is C#CCNCCS(=O)(=O)C1CCCC1. The normalized spacial score (nSPS) is 18.2. The lowest BCUT2D eigenvalue weighted by Gasteiger charge is -2.10. The highest BCUT2D eigenvalue weighted by Gasteiger charge is 2.27. The Labute approximate surface area is 86.2 Å². The van der Waals surface area contributed by atoms with Gasteiger partial charge in [-0.3, -0.25) is 0 Å². The van der Waals surface area contributed by atoms with Crippen molar-refractivity contribution in [3.8, 4) is 12.3 Å². The summed E-state index contributed by atoms with van der Waals surface area (Å²) >= 11 is 0. The minimum Gasteiger partial charge on any atom is -0.305 e. The highest BCUT2D eigenvalue weighted by atomic mass is 32.2. The van der Waals surface area contributed by atoms with Crippen molar-refractivity contribution in [3.63, 3.8) is 0 Å². The van der Waals surface area contributed by atoms with Gasteiger partial charge in [-0.1, -0.05) is 18.8 Å². The van der Waals surface area contributed by atoms with E-state index in [4.69, 9.17) is 6.42 Å². The average Bonchev–Trinajstić information content (AvgIpc) is 2.65. The van der Waals surface area contributed by atoms with Crippen molar-refractivity contribution in [2.75, 3.05) is 18.8 Å². The van der Waals surface area contributed by atoms with E-state index in [9.17, 15) is 8.42 Å². The lowest BCUT2D eigenvalue weighted by molar-refractivity contribution is 0.576. The van der Waals surface area contributed by atoms with Crippen molar-refractivity contribution in [2.45, 2.75) is 30.9 Å². The highest BCUT2D eigenvalue weighted by Crippen LogP contribution is 2.24. The zero-order valence-corrected chi connectivity index (χ0v) is 9.15. The first-order chi connectivity index (χ1) is 6.67. The first-order valence-corrected chi connectivity index (χ1v) is 6.74. The van der Waals surface area contributed by atoms with Gasteiger partial charge in [-0.25, -0.2) is 8.42 Å². The van der Waals surface area contributed by atoms with Crippen LogP contribution < -0.4 is 5.32 Å². The molecule has 1 fully saturated rings. The topological polar surface area (TPSA) is 46.2 Å². The van der Waals surface area contributed by atoms with Gasteiger partial charge in [0.25, 0.3) is 0 Å². The van der Waals surface area contributed by atoms with Gasteiger partial charge >= 0.3 is 0 Å². The summed E-state index contributed by atoms with van der Waals surface area (Å²) in [5.41, 5.74) is 0. The smallest absolute Gasteiger partial charge is 0.154 e. The molecule has 1 aliphatic rings. The average molecular weight is 215 g/mol. The molecular formula is C10H17NO2S. The van der Waals surface area contributed by atoms with Crippen molar-refractivity contribution >= 4 is 9.84 Å². The molecule has 0 atom stereocenters. The second kappa shape index (κ2) is 5.38. The van der Waals surface area contributed by atoms with Crippen LogP contribution in [0.3, 0.4) is 0 Å². The Kier molecular flexibility index (Phi) is 4.43. The van der Waals surface area contributed by atoms with Crippen molar-refractivity contribution in [1.29, 1.82) is 0 Å². The standard InChI is InChI=1S/C10H17NO2S/c1-2-7-11-8-9-14(12,13)10-5-3-4-6-10/h1,10-11H,3-9H2. The van der Waals surface area contributed by atoms with E-state index < -0.39 is 9.84 Å². The Morgan fingerprint density at radius 2 is 2.00 bits per heavy atom. The fraction of sp³-hybridized carbons (Fsp3) is 0.800. The van der Waals surface area contributed by atoms with E-state index in [2.05, 4.69) is 11.2 Å². The Hall–Kier alpha value is -0.530. The molecule has 0 aromatic heterocycles. The van der Waals surface area contributed by atoms with E-state index in [0.717, 1.165) is 25.7 Å². The van der Waals surface area contributed by atoms with Gasteiger partial charge < -0.3 is 5.32 Å². The van der Waals surface area contributed by atoms with Gasteiger partial charge in [0.2, 0.25) is 0 Å². The summed E-state index contributed by atoms with van der Waals surface area (Å²) in [4.78, 5) is 0. The Balaban J connectivity index is 2.31. The van der Waals surface area contributed by atoms with Crippen molar-refractivity contribution in [1.82, 2.24) is 5.32 Å². The lowest BCUT2D eigenvalue weighted by atomic mass is 10.4. The van der Waals surface area contributed by atoms with E-state index in [1.165, 1.54) is 0 Å². The maximum atomic E-state index is 11.7. The van der Waals surface area contributed by atoms with Gasteiger partial charge in [-0.15, -0.1) is 6.42 Å². The summed E-state index contributed by atoms with van der Waals surface area (Å²) in [7, 11) is -2.87. The summed E-state index contributed by atoms with van der Waals surface area (Å²) in [5.74, 6) is 2.64. The molecule has 0 heterocycles. The Bertz CT molecular complexity index is 297. The predicted molar refractivity (Wildman–Crippen MR) is 57.7 cm³/mol. The number of hydrogen-bond donors (Lipinski definition) is 1. The molecule has 0 aromatic rings. The Morgan fingerprint density at radius 3 is 2.57 bits per heavy atom. The first kappa shape index (κ1) is 11.5. The molecule has 14 heavy (non-hydrogen) atoms. The molecule has 3 nitrogen and oxygen atoms in total. The molecular weight excluding hydrogens is 198 g/mol. The van der Waals surface area contributed by atoms with Crippen LogP contribution in [-0.4, -0.2) is 32.5 Å². The fourth-order valence-electron chi connectivity index (χ4n) is 1.79. The van der Waals surface area contributed by atoms with Crippen LogP contribution in [0.5, 0.6) is 0 Å². The van der Waals surface area contributed by atoms with Gasteiger partial charge in [-0.05, 0) is 12.8 Å². The van der Waals surface area contributed by atoms with Crippen LogP contribution in [0.4, 0.5) is 0 Å². The van der Waals surface area contributed by atoms with Crippen molar-refractivity contribution < 1.29 is 8.42 Å². The molecule has 1 saturated carbocycles. The number of sulfone groups is 1. The molecule has 1 rings (SSSR count). The summed E-state index contributed by atoms with van der Waals surface area (Å²) in [5, 5.41) is 2.81. The lowest BCUT2D eigenvalue weighted by Crippen LogP contribution is -2.28. The minimum absolute atomic E-state index is 0.0878. The molecule has 1 aliphatic carbocycles. The van der Waals surface area contributed by atoms with E-state index in [1.807, 2.05) is 0 Å². The number of hydrogen-bond acceptors (Lipinski definition) is 3. The van der Waals surface area contributed by atoms with Crippen molar-refractivity contribution in [3.05, 3.63) is 0 Å². The molecule has 0 bridgehead atoms. The monoisotopic (exact) mass is 215 g/mol. The van der Waals surface area contributed by atoms with Gasteiger partial charge in [0.15, 0.2) is 9.84 Å². The molecule has 0 aliphatic heterocycles. The van der Waals surface area contributed by atoms with E-state index in [0.29, 0.717) is 13.1 Å². The highest BCUT2D eigenvalue weighted by molar-refractivity contribution is 7.92. The van der Waals surface area contributed by atoms with Crippen LogP contribution in [0, 0.1) is 12.3 Å². The molecule has 0 saturated heterocycles. The molecule has 0 aromatic carbocycles. The number of rotatable bonds is 5. The summed E-state index contributed by atoms with van der Waals surface area (Å²) in [6.07, 6.45) is 8.84. The van der Waals surface area contributed by atoms with Gasteiger partial charge in [0, 0.05) is 6.54 Å². The second-order valence-electron chi connectivity index (χ2n) is 3.65. The van der Waals surface area contributed by atoms with Gasteiger partial charge in [-0.2, -0.15) is 0 Å². The minimum atomic E-state index is -2.87. The quantitative estimate of drug-likeness (QED) is 0.538. The molecule has 0 unspecified atom stereocenters. The number of terminal acetylenes is 1. The van der Waals surface area contributed by atoms with Gasteiger partial charge in [0.1, 0.15) is 0 Å². The molecule has 0 amide bonds. The zero-order chi connectivity index (χ0) is 10.4. The molecule has 4 heteroatoms. The molecule has 80 valence electrons. The zero-order valence-electron chi connectivity index (χ0n) is 8.33. The van der Waals surface area contributed by atoms with Crippen LogP contribution in [-0.2, 0) is 9.84 Å². The van der Waals surface area contributed by atoms with E-state index >= 15 is 0 Å². The third-order valence-electron chi connectivity index (χ3n) is 2.60. The fourth-order valence-corrected chi connectivity index (χ4v) is 3.60. The van der Waals surface area contributed by atoms with E-state index in [-0.39, 0.29) is 11.0 Å². The Morgan fingerprint density at radius 1 is 1.36 bits per heavy atom. The summed E-state index contributed by atoms with van der Waals surface area (Å²) < 4.78 is 23.4. The van der Waals surface area contributed by atoms with Crippen LogP contribution in [0.15, 0.2) is 0 Å². The second-order valence-corrected chi connectivity index (χ2v) is 6.05. The van der Waals surface area contributed by atoms with Crippen LogP contribution >= 0.6 is 0 Å². The molecule has 0 radical (unpaired) electrons. The van der Waals surface area contributed by atoms with Crippen LogP contribution in [0.25, 0.3) is 0 Å². The summed E-state index contributed by atoms with van der Waals surface area (Å²) in [6.45, 7) is 0.920. The third kappa shape index (κ3) is 3.32. The maximum Gasteiger partial charge on any atom is 0.154 e. The van der Waals surface area contributed by atoms with Gasteiger partial charge in [0.05, 0.1) is 17.5 Å². The van der Waals surface area contributed by atoms with E-state index in [1.54, 1.807) is 0 Å². The third-order valence-corrected chi connectivity index (χ3v) is 4.86. The molecule has 1 N–H and O–H groups in total. The van der Waals surface area contributed by atoms with Crippen molar-refractivity contribution in [2.24, 2.45) is 0 Å². The first-order valence-electron chi connectivity index (χ1n) is 5.02. The maximum absolute atomic E-state index is 11.7. The largest absolute Gasteiger partial charge is 0.305 e. The van der Waals surface area contributed by atoms with Crippen LogP contribution in [0.1, 0.15) is 25.7 Å². The number of nitrogens with one attached hydrogen (secondary N) is 1. The molecule has 0 spiro atoms.